The number of carboxylic acids is 1. The number of nitrogens with one attached hydrogen (secondary N) is 1. The molecule has 1 atom stereocenters. The van der Waals surface area contributed by atoms with Gasteiger partial charge in [-0.3, -0.25) is 4.79 Å². The third-order valence-corrected chi connectivity index (χ3v) is 5.03. The zero-order valence-corrected chi connectivity index (χ0v) is 13.3. The highest BCUT2D eigenvalue weighted by atomic mass is 32.2. The maximum Gasteiger partial charge on any atom is 0.326 e. The first-order valence-corrected chi connectivity index (χ1v) is 8.28. The molecular formula is C14H16N2O3S2. The number of aromatic nitrogens is 1. The van der Waals surface area contributed by atoms with Crippen molar-refractivity contribution in [2.24, 2.45) is 5.92 Å². The molecular weight excluding hydrogens is 308 g/mol. The third kappa shape index (κ3) is 4.18. The Morgan fingerprint density at radius 1 is 1.38 bits per heavy atom. The standard InChI is InChI=1S/C14H16N2O3S2/c1-8(2)12(13(18)19)16-11(17)7-20-14-15-9-5-3-4-6-10(9)21-14/h3-6,8,12H,7H2,1-2H3,(H,16,17)(H,18,19)/t12-/m1/s1. The molecule has 0 aliphatic carbocycles. The molecule has 0 radical (unpaired) electrons. The van der Waals surface area contributed by atoms with Gasteiger partial charge in [0.15, 0.2) is 4.34 Å². The van der Waals surface area contributed by atoms with Crippen LogP contribution in [-0.2, 0) is 9.59 Å². The molecule has 0 aliphatic heterocycles. The Morgan fingerprint density at radius 2 is 2.10 bits per heavy atom. The summed E-state index contributed by atoms with van der Waals surface area (Å²) in [6.45, 7) is 3.53. The number of carbonyl (C=O) groups excluding carboxylic acids is 1. The molecule has 0 spiro atoms. The van der Waals surface area contributed by atoms with E-state index >= 15 is 0 Å². The summed E-state index contributed by atoms with van der Waals surface area (Å²) in [6.07, 6.45) is 0. The predicted octanol–water partition coefficient (Wildman–Crippen LogP) is 2.61. The zero-order valence-electron chi connectivity index (χ0n) is 11.7. The fourth-order valence-corrected chi connectivity index (χ4v) is 3.65. The van der Waals surface area contributed by atoms with Crippen molar-refractivity contribution in [2.45, 2.75) is 24.2 Å². The second-order valence-electron chi connectivity index (χ2n) is 4.86. The largest absolute Gasteiger partial charge is 0.480 e. The van der Waals surface area contributed by atoms with E-state index in [9.17, 15) is 9.59 Å². The van der Waals surface area contributed by atoms with Crippen molar-refractivity contribution in [2.75, 3.05) is 5.75 Å². The highest BCUT2D eigenvalue weighted by molar-refractivity contribution is 8.01. The van der Waals surface area contributed by atoms with E-state index in [1.807, 2.05) is 24.3 Å². The van der Waals surface area contributed by atoms with E-state index in [1.54, 1.807) is 13.8 Å². The van der Waals surface area contributed by atoms with Gasteiger partial charge in [-0.2, -0.15) is 0 Å². The van der Waals surface area contributed by atoms with Gasteiger partial charge in [-0.1, -0.05) is 37.7 Å². The Kier molecular flexibility index (Phi) is 5.19. The van der Waals surface area contributed by atoms with E-state index in [0.717, 1.165) is 14.6 Å². The van der Waals surface area contributed by atoms with Crippen LogP contribution in [0.25, 0.3) is 10.2 Å². The quantitative estimate of drug-likeness (QED) is 0.799. The highest BCUT2D eigenvalue weighted by Gasteiger charge is 2.23. The number of benzene rings is 1. The molecule has 7 heteroatoms. The molecule has 1 aromatic carbocycles. The molecule has 1 amide bonds. The van der Waals surface area contributed by atoms with Gasteiger partial charge in [0.25, 0.3) is 0 Å². The molecule has 0 aliphatic rings. The summed E-state index contributed by atoms with van der Waals surface area (Å²) in [4.78, 5) is 27.3. The molecule has 112 valence electrons. The fourth-order valence-electron chi connectivity index (χ4n) is 1.77. The normalized spacial score (nSPS) is 12.5. The van der Waals surface area contributed by atoms with Crippen LogP contribution in [0.4, 0.5) is 0 Å². The highest BCUT2D eigenvalue weighted by Crippen LogP contribution is 2.29. The van der Waals surface area contributed by atoms with Gasteiger partial charge < -0.3 is 10.4 Å². The number of rotatable bonds is 6. The second-order valence-corrected chi connectivity index (χ2v) is 7.12. The number of fused-ring (bicyclic) bond motifs is 1. The molecule has 2 aromatic rings. The summed E-state index contributed by atoms with van der Waals surface area (Å²) in [5.41, 5.74) is 0.913. The molecule has 21 heavy (non-hydrogen) atoms. The van der Waals surface area contributed by atoms with E-state index in [-0.39, 0.29) is 17.6 Å². The molecule has 2 rings (SSSR count). The summed E-state index contributed by atoms with van der Waals surface area (Å²) < 4.78 is 1.88. The van der Waals surface area contributed by atoms with Gasteiger partial charge in [0, 0.05) is 0 Å². The van der Waals surface area contributed by atoms with Crippen LogP contribution in [0.2, 0.25) is 0 Å². The number of carboxylic acid groups (broad SMARTS) is 1. The topological polar surface area (TPSA) is 79.3 Å². The number of amides is 1. The lowest BCUT2D eigenvalue weighted by Gasteiger charge is -2.17. The van der Waals surface area contributed by atoms with Gasteiger partial charge in [0.05, 0.1) is 16.0 Å². The third-order valence-electron chi connectivity index (χ3n) is 2.85. The first-order valence-electron chi connectivity index (χ1n) is 6.48. The SMILES string of the molecule is CC(C)[C@@H](NC(=O)CSc1nc2ccccc2s1)C(=O)O. The van der Waals surface area contributed by atoms with Gasteiger partial charge in [-0.25, -0.2) is 9.78 Å². The van der Waals surface area contributed by atoms with Crippen molar-refractivity contribution in [1.82, 2.24) is 10.3 Å². The van der Waals surface area contributed by atoms with Crippen LogP contribution in [0.1, 0.15) is 13.8 Å². The van der Waals surface area contributed by atoms with Gasteiger partial charge >= 0.3 is 5.97 Å². The van der Waals surface area contributed by atoms with Crippen LogP contribution in [-0.4, -0.2) is 33.8 Å². The number of nitrogens with zero attached hydrogens (tertiary/aromatic N) is 1. The maximum atomic E-state index is 11.8. The first kappa shape index (κ1) is 15.8. The lowest BCUT2D eigenvalue weighted by Crippen LogP contribution is -2.45. The lowest BCUT2D eigenvalue weighted by atomic mass is 10.1. The molecule has 2 N–H and O–H groups in total. The average molecular weight is 324 g/mol. The monoisotopic (exact) mass is 324 g/mol. The number of thiazole rings is 1. The summed E-state index contributed by atoms with van der Waals surface area (Å²) >= 11 is 2.85. The van der Waals surface area contributed by atoms with Gasteiger partial charge in [0.2, 0.25) is 5.91 Å². The van der Waals surface area contributed by atoms with Crippen LogP contribution in [0.3, 0.4) is 0 Å². The molecule has 1 aromatic heterocycles. The van der Waals surface area contributed by atoms with E-state index in [1.165, 1.54) is 23.1 Å². The number of carbonyl (C=O) groups is 2. The summed E-state index contributed by atoms with van der Waals surface area (Å²) in [6, 6.07) is 6.92. The van der Waals surface area contributed by atoms with Gasteiger partial charge in [-0.05, 0) is 18.1 Å². The first-order chi connectivity index (χ1) is 9.97. The molecule has 0 saturated carbocycles. The van der Waals surface area contributed by atoms with Crippen LogP contribution < -0.4 is 5.32 Å². The van der Waals surface area contributed by atoms with E-state index in [2.05, 4.69) is 10.3 Å². The van der Waals surface area contributed by atoms with Crippen molar-refractivity contribution in [3.05, 3.63) is 24.3 Å². The van der Waals surface area contributed by atoms with Crippen molar-refractivity contribution < 1.29 is 14.7 Å². The molecule has 0 fully saturated rings. The smallest absolute Gasteiger partial charge is 0.326 e. The van der Waals surface area contributed by atoms with E-state index in [4.69, 9.17) is 5.11 Å². The number of hydrogen-bond acceptors (Lipinski definition) is 5. The van der Waals surface area contributed by atoms with Crippen molar-refractivity contribution in [1.29, 1.82) is 0 Å². The summed E-state index contributed by atoms with van der Waals surface area (Å²) in [7, 11) is 0. The molecule has 0 bridgehead atoms. The molecule has 5 nitrogen and oxygen atoms in total. The minimum Gasteiger partial charge on any atom is -0.480 e. The summed E-state index contributed by atoms with van der Waals surface area (Å²) in [5, 5.41) is 11.6. The average Bonchev–Trinajstić information content (AvgIpc) is 2.84. The maximum absolute atomic E-state index is 11.8. The van der Waals surface area contributed by atoms with Gasteiger partial charge in [0.1, 0.15) is 6.04 Å². The van der Waals surface area contributed by atoms with Crippen LogP contribution in [0.5, 0.6) is 0 Å². The number of thioether (sulfide) groups is 1. The fraction of sp³-hybridized carbons (Fsp3) is 0.357. The summed E-state index contributed by atoms with van der Waals surface area (Å²) in [5.74, 6) is -1.29. The van der Waals surface area contributed by atoms with Crippen LogP contribution in [0, 0.1) is 5.92 Å². The minimum atomic E-state index is -1.01. The minimum absolute atomic E-state index is 0.154. The Hall–Kier alpha value is -1.60. The van der Waals surface area contributed by atoms with Crippen LogP contribution in [0.15, 0.2) is 28.6 Å². The number of para-hydroxylation sites is 1. The van der Waals surface area contributed by atoms with Crippen molar-refractivity contribution >= 4 is 45.2 Å². The van der Waals surface area contributed by atoms with Crippen molar-refractivity contribution in [3.63, 3.8) is 0 Å². The number of hydrogen-bond donors (Lipinski definition) is 2. The zero-order chi connectivity index (χ0) is 15.4. The Morgan fingerprint density at radius 3 is 2.71 bits per heavy atom. The van der Waals surface area contributed by atoms with E-state index in [0.29, 0.717) is 0 Å². The van der Waals surface area contributed by atoms with Crippen LogP contribution >= 0.6 is 23.1 Å². The Labute approximate surface area is 130 Å². The molecule has 1 heterocycles. The molecule has 0 unspecified atom stereocenters. The Bertz CT molecular complexity index is 621. The Balaban J connectivity index is 1.93. The van der Waals surface area contributed by atoms with Gasteiger partial charge in [-0.15, -0.1) is 11.3 Å². The second kappa shape index (κ2) is 6.91. The number of aliphatic carboxylic acids is 1. The van der Waals surface area contributed by atoms with Crippen molar-refractivity contribution in [3.8, 4) is 0 Å². The molecule has 0 saturated heterocycles. The lowest BCUT2D eigenvalue weighted by molar-refractivity contribution is -0.142. The van der Waals surface area contributed by atoms with E-state index < -0.39 is 12.0 Å². The predicted molar refractivity (Wildman–Crippen MR) is 84.7 cm³/mol.